The molecule has 0 aliphatic heterocycles. The number of ether oxygens (including phenoxy) is 1. The number of nitrogens with one attached hydrogen (secondary N) is 1. The van der Waals surface area contributed by atoms with Crippen LogP contribution >= 0.6 is 11.6 Å². The summed E-state index contributed by atoms with van der Waals surface area (Å²) in [4.78, 5) is 11.4. The van der Waals surface area contributed by atoms with Crippen LogP contribution in [0.1, 0.15) is 0 Å². The van der Waals surface area contributed by atoms with E-state index in [1.807, 2.05) is 24.3 Å². The highest BCUT2D eigenvalue weighted by Gasteiger charge is 2.07. The summed E-state index contributed by atoms with van der Waals surface area (Å²) >= 11 is 6.10. The summed E-state index contributed by atoms with van der Waals surface area (Å²) in [6.45, 7) is 0.0464. The molecular weight excluding hydrogens is 266 g/mol. The average molecular weight is 280 g/mol. The molecule has 0 aliphatic rings. The Labute approximate surface area is 115 Å². The Morgan fingerprint density at radius 1 is 1.21 bits per heavy atom. The zero-order valence-corrected chi connectivity index (χ0v) is 11.0. The lowest BCUT2D eigenvalue weighted by molar-refractivity contribution is -0.123. The fourth-order valence-electron chi connectivity index (χ4n) is 1.75. The molecular formula is C14H14ClNO3. The van der Waals surface area contributed by atoms with Crippen LogP contribution in [0.3, 0.4) is 0 Å². The summed E-state index contributed by atoms with van der Waals surface area (Å²) < 4.78 is 5.48. The monoisotopic (exact) mass is 279 g/mol. The number of hydrogen-bond donors (Lipinski definition) is 2. The van der Waals surface area contributed by atoms with Gasteiger partial charge in [-0.2, -0.15) is 0 Å². The van der Waals surface area contributed by atoms with Crippen LogP contribution < -0.4 is 10.1 Å². The first-order chi connectivity index (χ1) is 9.22. The number of amides is 1. The van der Waals surface area contributed by atoms with Gasteiger partial charge in [0.1, 0.15) is 5.75 Å². The van der Waals surface area contributed by atoms with Crippen LogP contribution in [0.2, 0.25) is 5.02 Å². The number of fused-ring (bicyclic) bond motifs is 1. The molecule has 0 atom stereocenters. The number of halogens is 1. The third-order valence-corrected chi connectivity index (χ3v) is 2.95. The van der Waals surface area contributed by atoms with Gasteiger partial charge < -0.3 is 15.2 Å². The molecule has 0 heterocycles. The lowest BCUT2D eigenvalue weighted by atomic mass is 10.1. The maximum Gasteiger partial charge on any atom is 0.258 e. The zero-order chi connectivity index (χ0) is 13.7. The molecule has 2 aromatic rings. The van der Waals surface area contributed by atoms with E-state index in [0.29, 0.717) is 10.8 Å². The predicted octanol–water partition coefficient (Wildman–Crippen LogP) is 1.98. The number of hydrogen-bond acceptors (Lipinski definition) is 3. The van der Waals surface area contributed by atoms with Gasteiger partial charge in [0.2, 0.25) is 0 Å². The highest BCUT2D eigenvalue weighted by Crippen LogP contribution is 2.31. The average Bonchev–Trinajstić information content (AvgIpc) is 2.45. The van der Waals surface area contributed by atoms with Crippen LogP contribution in [0, 0.1) is 0 Å². The number of benzene rings is 2. The summed E-state index contributed by atoms with van der Waals surface area (Å²) in [6.07, 6.45) is 0. The molecule has 0 bridgehead atoms. The van der Waals surface area contributed by atoms with Crippen LogP contribution in [-0.2, 0) is 4.79 Å². The molecule has 0 spiro atoms. The minimum Gasteiger partial charge on any atom is -0.483 e. The van der Waals surface area contributed by atoms with Gasteiger partial charge in [0.05, 0.1) is 6.61 Å². The molecule has 0 saturated heterocycles. The Kier molecular flexibility index (Phi) is 4.60. The maximum atomic E-state index is 11.4. The number of aliphatic hydroxyl groups excluding tert-OH is 1. The van der Waals surface area contributed by atoms with E-state index in [2.05, 4.69) is 5.32 Å². The standard InChI is InChI=1S/C14H14ClNO3/c15-12-5-6-13(11-4-2-1-3-10(11)12)19-9-14(18)16-7-8-17/h1-6,17H,7-9H2,(H,16,18). The third kappa shape index (κ3) is 3.36. The van der Waals surface area contributed by atoms with Gasteiger partial charge in [-0.15, -0.1) is 0 Å². The number of rotatable bonds is 5. The lowest BCUT2D eigenvalue weighted by Gasteiger charge is -2.10. The van der Waals surface area contributed by atoms with Crippen molar-refractivity contribution in [2.75, 3.05) is 19.8 Å². The molecule has 100 valence electrons. The van der Waals surface area contributed by atoms with Gasteiger partial charge in [-0.3, -0.25) is 4.79 Å². The molecule has 19 heavy (non-hydrogen) atoms. The van der Waals surface area contributed by atoms with Gasteiger partial charge in [0.25, 0.3) is 5.91 Å². The van der Waals surface area contributed by atoms with E-state index in [1.165, 1.54) is 0 Å². The molecule has 1 amide bonds. The largest absolute Gasteiger partial charge is 0.483 e. The smallest absolute Gasteiger partial charge is 0.258 e. The summed E-state index contributed by atoms with van der Waals surface area (Å²) in [5.41, 5.74) is 0. The van der Waals surface area contributed by atoms with E-state index in [-0.39, 0.29) is 25.7 Å². The second-order valence-corrected chi connectivity index (χ2v) is 4.36. The molecule has 0 fully saturated rings. The van der Waals surface area contributed by atoms with E-state index in [0.717, 1.165) is 10.8 Å². The van der Waals surface area contributed by atoms with Gasteiger partial charge >= 0.3 is 0 Å². The van der Waals surface area contributed by atoms with Crippen LogP contribution in [0.5, 0.6) is 5.75 Å². The van der Waals surface area contributed by atoms with Crippen molar-refractivity contribution in [3.8, 4) is 5.75 Å². The van der Waals surface area contributed by atoms with Crippen LogP contribution in [-0.4, -0.2) is 30.8 Å². The van der Waals surface area contributed by atoms with E-state index >= 15 is 0 Å². The van der Waals surface area contributed by atoms with Crippen molar-refractivity contribution in [3.05, 3.63) is 41.4 Å². The predicted molar refractivity (Wildman–Crippen MR) is 74.5 cm³/mol. The van der Waals surface area contributed by atoms with Gasteiger partial charge in [0, 0.05) is 22.3 Å². The lowest BCUT2D eigenvalue weighted by Crippen LogP contribution is -2.31. The second-order valence-electron chi connectivity index (χ2n) is 3.95. The third-order valence-electron chi connectivity index (χ3n) is 2.62. The van der Waals surface area contributed by atoms with E-state index in [9.17, 15) is 4.79 Å². The van der Waals surface area contributed by atoms with Crippen LogP contribution in [0.15, 0.2) is 36.4 Å². The normalized spacial score (nSPS) is 10.4. The van der Waals surface area contributed by atoms with Crippen molar-refractivity contribution in [2.45, 2.75) is 0 Å². The Bertz CT molecular complexity index is 586. The number of carbonyl (C=O) groups excluding carboxylic acids is 1. The first-order valence-corrected chi connectivity index (χ1v) is 6.28. The molecule has 0 aliphatic carbocycles. The van der Waals surface area contributed by atoms with Crippen molar-refractivity contribution in [2.24, 2.45) is 0 Å². The molecule has 5 heteroatoms. The highest BCUT2D eigenvalue weighted by atomic mass is 35.5. The van der Waals surface area contributed by atoms with E-state index in [4.69, 9.17) is 21.4 Å². The highest BCUT2D eigenvalue weighted by molar-refractivity contribution is 6.35. The number of carbonyl (C=O) groups is 1. The first kappa shape index (κ1) is 13.6. The van der Waals surface area contributed by atoms with Gasteiger partial charge in [-0.1, -0.05) is 35.9 Å². The molecule has 2 aromatic carbocycles. The Balaban J connectivity index is 2.13. The van der Waals surface area contributed by atoms with Crippen molar-refractivity contribution in [1.29, 1.82) is 0 Å². The van der Waals surface area contributed by atoms with E-state index in [1.54, 1.807) is 12.1 Å². The van der Waals surface area contributed by atoms with E-state index < -0.39 is 0 Å². The Morgan fingerprint density at radius 2 is 1.95 bits per heavy atom. The van der Waals surface area contributed by atoms with Gasteiger partial charge in [-0.25, -0.2) is 0 Å². The minimum atomic E-state index is -0.270. The molecule has 0 aromatic heterocycles. The SMILES string of the molecule is O=C(COc1ccc(Cl)c2ccccc12)NCCO. The number of aliphatic hydroxyl groups is 1. The van der Waals surface area contributed by atoms with Crippen LogP contribution in [0.25, 0.3) is 10.8 Å². The minimum absolute atomic E-state index is 0.0877. The molecule has 4 nitrogen and oxygen atoms in total. The summed E-state index contributed by atoms with van der Waals surface area (Å²) in [6, 6.07) is 11.1. The van der Waals surface area contributed by atoms with Crippen molar-refractivity contribution in [3.63, 3.8) is 0 Å². The van der Waals surface area contributed by atoms with Crippen molar-refractivity contribution in [1.82, 2.24) is 5.32 Å². The van der Waals surface area contributed by atoms with Gasteiger partial charge in [-0.05, 0) is 12.1 Å². The molecule has 0 unspecified atom stereocenters. The second kappa shape index (κ2) is 6.41. The summed E-state index contributed by atoms with van der Waals surface area (Å²) in [5.74, 6) is 0.340. The quantitative estimate of drug-likeness (QED) is 0.880. The molecule has 0 saturated carbocycles. The summed E-state index contributed by atoms with van der Waals surface area (Å²) in [7, 11) is 0. The Morgan fingerprint density at radius 3 is 2.68 bits per heavy atom. The van der Waals surface area contributed by atoms with Crippen molar-refractivity contribution >= 4 is 28.3 Å². The fraction of sp³-hybridized carbons (Fsp3) is 0.214. The Hall–Kier alpha value is -1.78. The molecule has 0 radical (unpaired) electrons. The first-order valence-electron chi connectivity index (χ1n) is 5.90. The van der Waals surface area contributed by atoms with Gasteiger partial charge in [0.15, 0.2) is 6.61 Å². The zero-order valence-electron chi connectivity index (χ0n) is 10.2. The topological polar surface area (TPSA) is 58.6 Å². The molecule has 2 N–H and O–H groups in total. The fourth-order valence-corrected chi connectivity index (χ4v) is 1.98. The van der Waals surface area contributed by atoms with Crippen LogP contribution in [0.4, 0.5) is 0 Å². The van der Waals surface area contributed by atoms with Crippen molar-refractivity contribution < 1.29 is 14.6 Å². The maximum absolute atomic E-state index is 11.4. The summed E-state index contributed by atoms with van der Waals surface area (Å²) in [5, 5.41) is 13.5. The molecule has 2 rings (SSSR count).